The fourth-order valence-electron chi connectivity index (χ4n) is 1.32. The van der Waals surface area contributed by atoms with Crippen molar-refractivity contribution in [2.75, 3.05) is 6.61 Å². The number of rotatable bonds is 2. The highest BCUT2D eigenvalue weighted by molar-refractivity contribution is 4.78. The average molecular weight is 160 g/mol. The lowest BCUT2D eigenvalue weighted by molar-refractivity contribution is -0.240. The molecule has 0 amide bonds. The van der Waals surface area contributed by atoms with Crippen molar-refractivity contribution in [1.29, 1.82) is 0 Å². The minimum Gasteiger partial charge on any atom is -0.364 e. The Labute approximate surface area is 67.3 Å². The molecule has 0 aromatic heterocycles. The molecule has 1 unspecified atom stereocenters. The first-order valence-electron chi connectivity index (χ1n) is 4.10. The van der Waals surface area contributed by atoms with Gasteiger partial charge in [-0.25, -0.2) is 0 Å². The first kappa shape index (κ1) is 8.97. The van der Waals surface area contributed by atoms with E-state index in [1.165, 1.54) is 0 Å². The van der Waals surface area contributed by atoms with Gasteiger partial charge in [0, 0.05) is 0 Å². The lowest BCUT2D eigenvalue weighted by Gasteiger charge is -2.25. The molecule has 3 heteroatoms. The predicted octanol–water partition coefficient (Wildman–Crippen LogP) is 1.26. The molecule has 1 saturated heterocycles. The van der Waals surface area contributed by atoms with Crippen LogP contribution < -0.4 is 0 Å². The fourth-order valence-corrected chi connectivity index (χ4v) is 1.32. The lowest BCUT2D eigenvalue weighted by Crippen LogP contribution is -2.33. The summed E-state index contributed by atoms with van der Waals surface area (Å²) in [4.78, 5) is 0. The van der Waals surface area contributed by atoms with Gasteiger partial charge in [0.1, 0.15) is 6.61 Å². The van der Waals surface area contributed by atoms with Gasteiger partial charge in [-0.05, 0) is 19.8 Å². The van der Waals surface area contributed by atoms with Crippen LogP contribution in [-0.2, 0) is 9.47 Å². The van der Waals surface area contributed by atoms with Gasteiger partial charge in [-0.3, -0.25) is 0 Å². The summed E-state index contributed by atoms with van der Waals surface area (Å²) in [5.41, 5.74) is 0. The Morgan fingerprint density at radius 2 is 1.91 bits per heavy atom. The molecule has 1 aliphatic heterocycles. The van der Waals surface area contributed by atoms with E-state index in [4.69, 9.17) is 9.47 Å². The SMILES string of the molecule is CCC1(CC)OCC(C)(O)O1. The molecule has 0 bridgehead atoms. The summed E-state index contributed by atoms with van der Waals surface area (Å²) in [6.07, 6.45) is 1.55. The monoisotopic (exact) mass is 160 g/mol. The molecule has 0 aromatic carbocycles. The third kappa shape index (κ3) is 1.72. The van der Waals surface area contributed by atoms with Crippen LogP contribution in [0.1, 0.15) is 33.6 Å². The molecule has 0 spiro atoms. The minimum absolute atomic E-state index is 0.272. The van der Waals surface area contributed by atoms with Crippen molar-refractivity contribution in [2.45, 2.75) is 45.2 Å². The Balaban J connectivity index is 2.62. The maximum atomic E-state index is 9.45. The first-order chi connectivity index (χ1) is 5.04. The van der Waals surface area contributed by atoms with E-state index in [9.17, 15) is 5.11 Å². The van der Waals surface area contributed by atoms with Crippen LogP contribution in [0.5, 0.6) is 0 Å². The van der Waals surface area contributed by atoms with E-state index in [0.29, 0.717) is 0 Å². The van der Waals surface area contributed by atoms with Crippen LogP contribution >= 0.6 is 0 Å². The van der Waals surface area contributed by atoms with E-state index in [1.54, 1.807) is 6.92 Å². The largest absolute Gasteiger partial charge is 0.364 e. The normalized spacial score (nSPS) is 36.0. The maximum Gasteiger partial charge on any atom is 0.189 e. The van der Waals surface area contributed by atoms with Crippen LogP contribution in [-0.4, -0.2) is 23.3 Å². The van der Waals surface area contributed by atoms with Crippen molar-refractivity contribution in [1.82, 2.24) is 0 Å². The molecule has 1 rings (SSSR count). The van der Waals surface area contributed by atoms with Crippen molar-refractivity contribution in [3.8, 4) is 0 Å². The highest BCUT2D eigenvalue weighted by Crippen LogP contribution is 2.34. The maximum absolute atomic E-state index is 9.45. The van der Waals surface area contributed by atoms with Crippen LogP contribution in [0.2, 0.25) is 0 Å². The zero-order chi connectivity index (χ0) is 8.54. The van der Waals surface area contributed by atoms with Crippen molar-refractivity contribution in [3.63, 3.8) is 0 Å². The number of aliphatic hydroxyl groups is 1. The van der Waals surface area contributed by atoms with Gasteiger partial charge in [0.15, 0.2) is 11.6 Å². The quantitative estimate of drug-likeness (QED) is 0.661. The fraction of sp³-hybridized carbons (Fsp3) is 1.00. The van der Waals surface area contributed by atoms with E-state index < -0.39 is 11.6 Å². The van der Waals surface area contributed by atoms with E-state index in [2.05, 4.69) is 0 Å². The zero-order valence-corrected chi connectivity index (χ0v) is 7.39. The van der Waals surface area contributed by atoms with E-state index >= 15 is 0 Å². The van der Waals surface area contributed by atoms with Crippen molar-refractivity contribution in [3.05, 3.63) is 0 Å². The third-order valence-corrected chi connectivity index (χ3v) is 2.09. The van der Waals surface area contributed by atoms with Gasteiger partial charge in [-0.1, -0.05) is 13.8 Å². The summed E-state index contributed by atoms with van der Waals surface area (Å²) < 4.78 is 10.8. The van der Waals surface area contributed by atoms with Gasteiger partial charge < -0.3 is 14.6 Å². The molecular formula is C8H16O3. The van der Waals surface area contributed by atoms with Crippen LogP contribution in [0.3, 0.4) is 0 Å². The molecule has 0 saturated carbocycles. The second-order valence-electron chi connectivity index (χ2n) is 3.18. The molecule has 1 N–H and O–H groups in total. The molecule has 1 aliphatic rings. The number of ether oxygens (including phenoxy) is 2. The Kier molecular flexibility index (Phi) is 2.23. The molecule has 1 heterocycles. The molecule has 0 aromatic rings. The van der Waals surface area contributed by atoms with Crippen LogP contribution in [0.15, 0.2) is 0 Å². The van der Waals surface area contributed by atoms with Crippen molar-refractivity contribution < 1.29 is 14.6 Å². The van der Waals surface area contributed by atoms with Gasteiger partial charge in [-0.2, -0.15) is 0 Å². The summed E-state index contributed by atoms with van der Waals surface area (Å²) in [5, 5.41) is 9.45. The Morgan fingerprint density at radius 3 is 2.09 bits per heavy atom. The van der Waals surface area contributed by atoms with Gasteiger partial charge >= 0.3 is 0 Å². The van der Waals surface area contributed by atoms with Gasteiger partial charge in [-0.15, -0.1) is 0 Å². The predicted molar refractivity (Wildman–Crippen MR) is 41.0 cm³/mol. The highest BCUT2D eigenvalue weighted by atomic mass is 16.8. The average Bonchev–Trinajstić information content (AvgIpc) is 2.28. The highest BCUT2D eigenvalue weighted by Gasteiger charge is 2.44. The van der Waals surface area contributed by atoms with Gasteiger partial charge in [0.25, 0.3) is 0 Å². The summed E-state index contributed by atoms with van der Waals surface area (Å²) in [5.74, 6) is -1.63. The van der Waals surface area contributed by atoms with E-state index in [0.717, 1.165) is 12.8 Å². The van der Waals surface area contributed by atoms with Gasteiger partial charge in [0.05, 0.1) is 0 Å². The Bertz CT molecular complexity index is 138. The minimum atomic E-state index is -1.09. The van der Waals surface area contributed by atoms with Gasteiger partial charge in [0.2, 0.25) is 0 Å². The topological polar surface area (TPSA) is 38.7 Å². The Morgan fingerprint density at radius 1 is 1.36 bits per heavy atom. The summed E-state index contributed by atoms with van der Waals surface area (Å²) >= 11 is 0. The molecule has 0 radical (unpaired) electrons. The smallest absolute Gasteiger partial charge is 0.189 e. The first-order valence-corrected chi connectivity index (χ1v) is 4.10. The van der Waals surface area contributed by atoms with Crippen LogP contribution in [0.4, 0.5) is 0 Å². The standard InChI is InChI=1S/C8H16O3/c1-4-8(5-2)10-6-7(3,9)11-8/h9H,4-6H2,1-3H3. The van der Waals surface area contributed by atoms with Crippen LogP contribution in [0, 0.1) is 0 Å². The number of hydrogen-bond acceptors (Lipinski definition) is 3. The molecule has 1 atom stereocenters. The molecule has 11 heavy (non-hydrogen) atoms. The summed E-state index contributed by atoms with van der Waals surface area (Å²) in [6.45, 7) is 5.88. The lowest BCUT2D eigenvalue weighted by atomic mass is 10.1. The second kappa shape index (κ2) is 2.73. The van der Waals surface area contributed by atoms with Crippen LogP contribution in [0.25, 0.3) is 0 Å². The molecule has 3 nitrogen and oxygen atoms in total. The van der Waals surface area contributed by atoms with Crippen molar-refractivity contribution in [2.24, 2.45) is 0 Å². The summed E-state index contributed by atoms with van der Waals surface area (Å²) in [7, 11) is 0. The second-order valence-corrected chi connectivity index (χ2v) is 3.18. The molecular weight excluding hydrogens is 144 g/mol. The third-order valence-electron chi connectivity index (χ3n) is 2.09. The zero-order valence-electron chi connectivity index (χ0n) is 7.39. The molecule has 1 fully saturated rings. The van der Waals surface area contributed by atoms with Crippen molar-refractivity contribution >= 4 is 0 Å². The van der Waals surface area contributed by atoms with E-state index in [1.807, 2.05) is 13.8 Å². The molecule has 0 aliphatic carbocycles. The Hall–Kier alpha value is -0.120. The molecule has 66 valence electrons. The number of hydrogen-bond donors (Lipinski definition) is 1. The summed E-state index contributed by atoms with van der Waals surface area (Å²) in [6, 6.07) is 0. The van der Waals surface area contributed by atoms with E-state index in [-0.39, 0.29) is 6.61 Å².